The first-order valence-electron chi connectivity index (χ1n) is 7.39. The molecule has 2 atom stereocenters. The number of rotatable bonds is 4. The zero-order valence-corrected chi connectivity index (χ0v) is 12.1. The Morgan fingerprint density at radius 3 is 2.89 bits per heavy atom. The van der Waals surface area contributed by atoms with E-state index in [1.54, 1.807) is 0 Å². The number of aromatic nitrogens is 2. The minimum absolute atomic E-state index is 0.455. The molecule has 3 heteroatoms. The molecular formula is C16H23N3. The zero-order valence-electron chi connectivity index (χ0n) is 12.1. The third-order valence-corrected chi connectivity index (χ3v) is 4.13. The number of benzene rings is 1. The topological polar surface area (TPSA) is 43.8 Å². The number of imidazole rings is 1. The average molecular weight is 257 g/mol. The van der Waals surface area contributed by atoms with E-state index in [0.717, 1.165) is 17.1 Å². The minimum atomic E-state index is 0.455. The van der Waals surface area contributed by atoms with Crippen LogP contribution in [-0.2, 0) is 0 Å². The molecule has 1 aromatic carbocycles. The van der Waals surface area contributed by atoms with Crippen LogP contribution in [0.2, 0.25) is 0 Å². The van der Waals surface area contributed by atoms with E-state index in [1.807, 2.05) is 12.1 Å². The number of fused-ring (bicyclic) bond motifs is 1. The smallest absolute Gasteiger partial charge is 0.112 e. The quantitative estimate of drug-likeness (QED) is 0.838. The van der Waals surface area contributed by atoms with Crippen LogP contribution >= 0.6 is 0 Å². The average Bonchev–Trinajstić information content (AvgIpc) is 3.00. The van der Waals surface area contributed by atoms with E-state index in [4.69, 9.17) is 10.7 Å². The molecule has 3 nitrogen and oxygen atoms in total. The van der Waals surface area contributed by atoms with Gasteiger partial charge in [0.1, 0.15) is 5.82 Å². The van der Waals surface area contributed by atoms with Crippen molar-refractivity contribution in [3.8, 4) is 0 Å². The van der Waals surface area contributed by atoms with Gasteiger partial charge in [-0.15, -0.1) is 0 Å². The first kappa shape index (κ1) is 12.5. The summed E-state index contributed by atoms with van der Waals surface area (Å²) in [6, 6.07) is 6.77. The molecule has 1 fully saturated rings. The fourth-order valence-electron chi connectivity index (χ4n) is 3.12. The highest BCUT2D eigenvalue weighted by Gasteiger charge is 2.40. The van der Waals surface area contributed by atoms with E-state index >= 15 is 0 Å². The molecule has 102 valence electrons. The molecule has 1 aliphatic carbocycles. The normalized spacial score (nSPS) is 22.3. The largest absolute Gasteiger partial charge is 0.399 e. The Bertz CT molecular complexity index is 597. The highest BCUT2D eigenvalue weighted by molar-refractivity contribution is 5.80. The van der Waals surface area contributed by atoms with Crippen molar-refractivity contribution in [1.29, 1.82) is 0 Å². The van der Waals surface area contributed by atoms with Crippen molar-refractivity contribution in [2.75, 3.05) is 5.73 Å². The predicted molar refractivity (Wildman–Crippen MR) is 80.3 cm³/mol. The van der Waals surface area contributed by atoms with Crippen molar-refractivity contribution >= 4 is 16.7 Å². The molecule has 19 heavy (non-hydrogen) atoms. The molecule has 0 bridgehead atoms. The number of nitrogen functional groups attached to an aromatic ring is 1. The Labute approximate surface area is 114 Å². The fraction of sp³-hybridized carbons (Fsp3) is 0.562. The molecule has 0 aliphatic heterocycles. The van der Waals surface area contributed by atoms with Gasteiger partial charge in [0.05, 0.1) is 11.0 Å². The summed E-state index contributed by atoms with van der Waals surface area (Å²) < 4.78 is 2.47. The number of hydrogen-bond donors (Lipinski definition) is 1. The molecule has 1 heterocycles. The van der Waals surface area contributed by atoms with Gasteiger partial charge in [0.15, 0.2) is 0 Å². The van der Waals surface area contributed by atoms with Crippen LogP contribution in [0.5, 0.6) is 0 Å². The second-order valence-electron chi connectivity index (χ2n) is 6.09. The van der Waals surface area contributed by atoms with Crippen LogP contribution in [0.1, 0.15) is 57.8 Å². The van der Waals surface area contributed by atoms with Gasteiger partial charge in [0.2, 0.25) is 0 Å². The molecule has 1 aliphatic rings. The number of nitrogens with two attached hydrogens (primary N) is 1. The third-order valence-electron chi connectivity index (χ3n) is 4.13. The summed E-state index contributed by atoms with van der Waals surface area (Å²) in [6.45, 7) is 6.71. The van der Waals surface area contributed by atoms with E-state index in [9.17, 15) is 0 Å². The third kappa shape index (κ3) is 2.11. The van der Waals surface area contributed by atoms with Gasteiger partial charge >= 0.3 is 0 Å². The van der Waals surface area contributed by atoms with Crippen LogP contribution in [0.3, 0.4) is 0 Å². The highest BCUT2D eigenvalue weighted by Crippen LogP contribution is 2.49. The molecule has 0 radical (unpaired) electrons. The Kier molecular flexibility index (Phi) is 3.00. The lowest BCUT2D eigenvalue weighted by molar-refractivity contribution is 0.582. The lowest BCUT2D eigenvalue weighted by atomic mass is 10.2. The summed E-state index contributed by atoms with van der Waals surface area (Å²) in [7, 11) is 0. The Morgan fingerprint density at radius 2 is 2.21 bits per heavy atom. The van der Waals surface area contributed by atoms with Gasteiger partial charge in [0, 0.05) is 17.6 Å². The van der Waals surface area contributed by atoms with Gasteiger partial charge in [0.25, 0.3) is 0 Å². The lowest BCUT2D eigenvalue weighted by Crippen LogP contribution is -2.04. The van der Waals surface area contributed by atoms with Crippen molar-refractivity contribution in [3.05, 3.63) is 24.0 Å². The maximum Gasteiger partial charge on any atom is 0.112 e. The van der Waals surface area contributed by atoms with Crippen LogP contribution in [-0.4, -0.2) is 9.55 Å². The van der Waals surface area contributed by atoms with E-state index < -0.39 is 0 Å². The lowest BCUT2D eigenvalue weighted by Gasteiger charge is -2.11. The molecule has 3 rings (SSSR count). The molecule has 0 spiro atoms. The van der Waals surface area contributed by atoms with Crippen LogP contribution in [0.4, 0.5) is 5.69 Å². The first-order valence-corrected chi connectivity index (χ1v) is 7.39. The highest BCUT2D eigenvalue weighted by atomic mass is 15.1. The standard InChI is InChI=1S/C16H23N3/c1-4-5-11-8-15(11)19-14-7-6-12(17)9-13(14)18-16(19)10(2)3/h6-7,9-11,15H,4-5,8,17H2,1-3H3. The van der Waals surface area contributed by atoms with Gasteiger partial charge < -0.3 is 10.3 Å². The maximum atomic E-state index is 5.88. The number of anilines is 1. The Balaban J connectivity index is 2.08. The Hall–Kier alpha value is -1.51. The molecule has 1 saturated carbocycles. The van der Waals surface area contributed by atoms with Gasteiger partial charge in [-0.05, 0) is 37.0 Å². The van der Waals surface area contributed by atoms with E-state index in [0.29, 0.717) is 12.0 Å². The summed E-state index contributed by atoms with van der Waals surface area (Å²) in [6.07, 6.45) is 3.91. The Morgan fingerprint density at radius 1 is 1.42 bits per heavy atom. The summed E-state index contributed by atoms with van der Waals surface area (Å²) >= 11 is 0. The van der Waals surface area contributed by atoms with E-state index in [1.165, 1.54) is 30.6 Å². The summed E-state index contributed by atoms with van der Waals surface area (Å²) in [5, 5.41) is 0. The van der Waals surface area contributed by atoms with Gasteiger partial charge in [-0.3, -0.25) is 0 Å². The molecule has 1 aromatic heterocycles. The zero-order chi connectivity index (χ0) is 13.6. The molecule has 2 aromatic rings. The van der Waals surface area contributed by atoms with Crippen molar-refractivity contribution in [1.82, 2.24) is 9.55 Å². The summed E-state index contributed by atoms with van der Waals surface area (Å²) in [4.78, 5) is 4.81. The van der Waals surface area contributed by atoms with Crippen molar-refractivity contribution in [2.45, 2.75) is 52.0 Å². The second-order valence-corrected chi connectivity index (χ2v) is 6.09. The van der Waals surface area contributed by atoms with Crippen molar-refractivity contribution in [3.63, 3.8) is 0 Å². The monoisotopic (exact) mass is 257 g/mol. The number of nitrogens with zero attached hydrogens (tertiary/aromatic N) is 2. The van der Waals surface area contributed by atoms with Gasteiger partial charge in [-0.1, -0.05) is 27.2 Å². The van der Waals surface area contributed by atoms with Crippen LogP contribution in [0.25, 0.3) is 11.0 Å². The maximum absolute atomic E-state index is 5.88. The molecule has 2 unspecified atom stereocenters. The van der Waals surface area contributed by atoms with Gasteiger partial charge in [-0.25, -0.2) is 4.98 Å². The predicted octanol–water partition coefficient (Wildman–Crippen LogP) is 4.10. The summed E-state index contributed by atoms with van der Waals surface area (Å²) in [5.74, 6) is 2.51. The SMILES string of the molecule is CCCC1CC1n1c(C(C)C)nc2cc(N)ccc21. The summed E-state index contributed by atoms with van der Waals surface area (Å²) in [5.41, 5.74) is 8.97. The molecule has 0 saturated heterocycles. The van der Waals surface area contributed by atoms with Crippen LogP contribution in [0.15, 0.2) is 18.2 Å². The molecule has 0 amide bonds. The second kappa shape index (κ2) is 4.55. The van der Waals surface area contributed by atoms with Gasteiger partial charge in [-0.2, -0.15) is 0 Å². The van der Waals surface area contributed by atoms with Crippen LogP contribution in [0, 0.1) is 5.92 Å². The molecular weight excluding hydrogens is 234 g/mol. The fourth-order valence-corrected chi connectivity index (χ4v) is 3.12. The van der Waals surface area contributed by atoms with E-state index in [2.05, 4.69) is 31.4 Å². The van der Waals surface area contributed by atoms with Crippen LogP contribution < -0.4 is 5.73 Å². The first-order chi connectivity index (χ1) is 9.11. The van der Waals surface area contributed by atoms with Crippen molar-refractivity contribution in [2.24, 2.45) is 5.92 Å². The van der Waals surface area contributed by atoms with Crippen molar-refractivity contribution < 1.29 is 0 Å². The number of hydrogen-bond acceptors (Lipinski definition) is 2. The minimum Gasteiger partial charge on any atom is -0.399 e. The molecule has 2 N–H and O–H groups in total. The van der Waals surface area contributed by atoms with E-state index in [-0.39, 0.29) is 0 Å².